The normalized spacial score (nSPS) is 11.2. The summed E-state index contributed by atoms with van der Waals surface area (Å²) in [6, 6.07) is 23.1. The molecule has 0 atom stereocenters. The maximum absolute atomic E-state index is 14.0. The van der Waals surface area contributed by atoms with Crippen LogP contribution in [0.25, 0.3) is 10.8 Å². The maximum atomic E-state index is 14.0. The molecule has 0 heterocycles. The smallest absolute Gasteiger partial charge is 0.326 e. The lowest BCUT2D eigenvalue weighted by Gasteiger charge is -2.25. The van der Waals surface area contributed by atoms with Gasteiger partial charge in [-0.3, -0.25) is 9.10 Å². The third-order valence-electron chi connectivity index (χ3n) is 6.17. The molecule has 0 unspecified atom stereocenters. The van der Waals surface area contributed by atoms with Crippen molar-refractivity contribution >= 4 is 67.4 Å². The fourth-order valence-corrected chi connectivity index (χ4v) is 6.32. The second-order valence-corrected chi connectivity index (χ2v) is 11.9. The van der Waals surface area contributed by atoms with Crippen molar-refractivity contribution in [3.8, 4) is 0 Å². The summed E-state index contributed by atoms with van der Waals surface area (Å²) in [5.74, 6) is -0.707. The van der Waals surface area contributed by atoms with E-state index in [1.807, 2.05) is 37.3 Å². The zero-order valence-corrected chi connectivity index (χ0v) is 24.6. The predicted molar refractivity (Wildman–Crippen MR) is 163 cm³/mol. The largest absolute Gasteiger partial charge is 0.464 e. The number of hydrogen-bond acceptors (Lipinski definition) is 5. The number of urea groups is 1. The average molecular weight is 615 g/mol. The SMILES string of the molecule is CCCCOC(=O)CN(c1cccc2c(NC(=O)NCc3ccccc3)cccc12)S(=O)(=O)c1cc(Cl)cc(Cl)c1. The average Bonchev–Trinajstić information content (AvgIpc) is 2.95. The van der Waals surface area contributed by atoms with E-state index in [9.17, 15) is 18.0 Å². The van der Waals surface area contributed by atoms with Gasteiger partial charge in [-0.25, -0.2) is 13.2 Å². The van der Waals surface area contributed by atoms with Crippen LogP contribution in [-0.2, 0) is 26.1 Å². The minimum atomic E-state index is -4.33. The van der Waals surface area contributed by atoms with E-state index in [2.05, 4.69) is 10.6 Å². The summed E-state index contributed by atoms with van der Waals surface area (Å²) < 4.78 is 34.2. The zero-order chi connectivity index (χ0) is 29.4. The first-order valence-electron chi connectivity index (χ1n) is 12.9. The summed E-state index contributed by atoms with van der Waals surface area (Å²) >= 11 is 12.2. The minimum absolute atomic E-state index is 0.132. The van der Waals surface area contributed by atoms with Crippen molar-refractivity contribution in [2.45, 2.75) is 31.2 Å². The lowest BCUT2D eigenvalue weighted by molar-refractivity contribution is -0.141. The number of unbranched alkanes of at least 4 members (excludes halogenated alkanes) is 1. The highest BCUT2D eigenvalue weighted by Gasteiger charge is 2.30. The molecule has 0 aliphatic carbocycles. The topological polar surface area (TPSA) is 105 Å². The number of nitrogens with one attached hydrogen (secondary N) is 2. The fraction of sp³-hybridized carbons (Fsp3) is 0.200. The molecular formula is C30H29Cl2N3O5S. The summed E-state index contributed by atoms with van der Waals surface area (Å²) in [6.45, 7) is 1.88. The van der Waals surface area contributed by atoms with Gasteiger partial charge in [-0.05, 0) is 42.3 Å². The minimum Gasteiger partial charge on any atom is -0.464 e. The molecule has 41 heavy (non-hydrogen) atoms. The lowest BCUT2D eigenvalue weighted by Crippen LogP contribution is -2.37. The van der Waals surface area contributed by atoms with Gasteiger partial charge >= 0.3 is 12.0 Å². The second kappa shape index (κ2) is 13.7. The number of carbonyl (C=O) groups excluding carboxylic acids is 2. The molecule has 0 spiro atoms. The Hall–Kier alpha value is -3.79. The van der Waals surface area contributed by atoms with Crippen LogP contribution in [0.3, 0.4) is 0 Å². The molecule has 214 valence electrons. The van der Waals surface area contributed by atoms with Gasteiger partial charge in [0.1, 0.15) is 6.54 Å². The van der Waals surface area contributed by atoms with Gasteiger partial charge in [-0.15, -0.1) is 0 Å². The number of benzene rings is 4. The molecule has 0 bridgehead atoms. The Bertz CT molecular complexity index is 1630. The third-order valence-corrected chi connectivity index (χ3v) is 8.34. The van der Waals surface area contributed by atoms with Crippen LogP contribution >= 0.6 is 23.2 Å². The van der Waals surface area contributed by atoms with Gasteiger partial charge in [0.25, 0.3) is 10.0 Å². The molecule has 0 saturated heterocycles. The molecule has 0 radical (unpaired) electrons. The first-order chi connectivity index (χ1) is 19.7. The van der Waals surface area contributed by atoms with E-state index in [0.29, 0.717) is 29.4 Å². The van der Waals surface area contributed by atoms with E-state index in [-0.39, 0.29) is 27.2 Å². The van der Waals surface area contributed by atoms with Crippen LogP contribution in [0.2, 0.25) is 10.0 Å². The Kier molecular flexibility index (Phi) is 10.1. The van der Waals surface area contributed by atoms with E-state index in [1.54, 1.807) is 36.4 Å². The summed E-state index contributed by atoms with van der Waals surface area (Å²) in [5, 5.41) is 6.98. The lowest BCUT2D eigenvalue weighted by atomic mass is 10.1. The van der Waals surface area contributed by atoms with E-state index in [0.717, 1.165) is 16.3 Å². The third kappa shape index (κ3) is 7.70. The van der Waals surface area contributed by atoms with Crippen LogP contribution in [0, 0.1) is 0 Å². The van der Waals surface area contributed by atoms with Gasteiger partial charge in [0.15, 0.2) is 0 Å². The molecule has 2 amide bonds. The number of hydrogen-bond donors (Lipinski definition) is 2. The van der Waals surface area contributed by atoms with Gasteiger partial charge in [0.05, 0.1) is 22.9 Å². The van der Waals surface area contributed by atoms with Crippen LogP contribution in [0.15, 0.2) is 89.8 Å². The number of rotatable bonds is 11. The highest BCUT2D eigenvalue weighted by Crippen LogP contribution is 2.35. The van der Waals surface area contributed by atoms with Crippen LogP contribution in [0.1, 0.15) is 25.3 Å². The van der Waals surface area contributed by atoms with Crippen molar-refractivity contribution in [3.63, 3.8) is 0 Å². The molecule has 0 aliphatic heterocycles. The molecule has 0 aliphatic rings. The summed E-state index contributed by atoms with van der Waals surface area (Å²) in [7, 11) is -4.33. The standard InChI is InChI=1S/C30H29Cl2N3O5S/c1-2-3-15-40-29(36)20-35(41(38,39)24-17-22(31)16-23(32)18-24)28-14-8-11-25-26(28)12-7-13-27(25)34-30(37)33-19-21-9-5-4-6-10-21/h4-14,16-18H,2-3,15,19-20H2,1H3,(H2,33,34,37). The molecular weight excluding hydrogens is 585 g/mol. The van der Waals surface area contributed by atoms with E-state index >= 15 is 0 Å². The zero-order valence-electron chi connectivity index (χ0n) is 22.3. The van der Waals surface area contributed by atoms with Gasteiger partial charge < -0.3 is 15.4 Å². The number of amides is 2. The summed E-state index contributed by atoms with van der Waals surface area (Å²) in [5.41, 5.74) is 1.62. The van der Waals surface area contributed by atoms with E-state index < -0.39 is 28.6 Å². The van der Waals surface area contributed by atoms with Gasteiger partial charge in [0.2, 0.25) is 0 Å². The molecule has 0 saturated carbocycles. The number of fused-ring (bicyclic) bond motifs is 1. The van der Waals surface area contributed by atoms with Crippen molar-refractivity contribution in [3.05, 3.63) is 101 Å². The molecule has 4 rings (SSSR count). The number of sulfonamides is 1. The molecule has 8 nitrogen and oxygen atoms in total. The van der Waals surface area contributed by atoms with E-state index in [4.69, 9.17) is 27.9 Å². The quantitative estimate of drug-likeness (QED) is 0.140. The Labute approximate surface area is 249 Å². The van der Waals surface area contributed by atoms with Gasteiger partial charge in [-0.1, -0.05) is 91.1 Å². The summed E-state index contributed by atoms with van der Waals surface area (Å²) in [6.07, 6.45) is 1.46. The van der Waals surface area contributed by atoms with Gasteiger partial charge in [0, 0.05) is 27.4 Å². The number of anilines is 2. The molecule has 11 heteroatoms. The molecule has 0 fully saturated rings. The van der Waals surface area contributed by atoms with E-state index in [1.165, 1.54) is 18.2 Å². The second-order valence-electron chi connectivity index (χ2n) is 9.16. The predicted octanol–water partition coefficient (Wildman–Crippen LogP) is 7.01. The van der Waals surface area contributed by atoms with Crippen LogP contribution in [0.5, 0.6) is 0 Å². The highest BCUT2D eigenvalue weighted by molar-refractivity contribution is 7.93. The number of nitrogens with zero attached hydrogens (tertiary/aromatic N) is 1. The Morgan fingerprint density at radius 1 is 0.878 bits per heavy atom. The van der Waals surface area contributed by atoms with Crippen molar-refractivity contribution in [1.29, 1.82) is 0 Å². The number of ether oxygens (including phenoxy) is 1. The monoisotopic (exact) mass is 613 g/mol. The van der Waals surface area contributed by atoms with Crippen molar-refractivity contribution in [1.82, 2.24) is 5.32 Å². The number of carbonyl (C=O) groups is 2. The number of halogens is 2. The molecule has 2 N–H and O–H groups in total. The first kappa shape index (κ1) is 30.2. The Balaban J connectivity index is 1.71. The highest BCUT2D eigenvalue weighted by atomic mass is 35.5. The van der Waals surface area contributed by atoms with Crippen LogP contribution in [-0.4, -0.2) is 33.6 Å². The Morgan fingerprint density at radius 3 is 2.27 bits per heavy atom. The Morgan fingerprint density at radius 2 is 1.56 bits per heavy atom. The maximum Gasteiger partial charge on any atom is 0.326 e. The molecule has 4 aromatic carbocycles. The van der Waals surface area contributed by atoms with Crippen molar-refractivity contribution < 1.29 is 22.7 Å². The van der Waals surface area contributed by atoms with Crippen LogP contribution in [0.4, 0.5) is 16.2 Å². The molecule has 0 aromatic heterocycles. The summed E-state index contributed by atoms with van der Waals surface area (Å²) in [4.78, 5) is 25.3. The molecule has 4 aromatic rings. The van der Waals surface area contributed by atoms with Crippen LogP contribution < -0.4 is 14.9 Å². The van der Waals surface area contributed by atoms with Crippen molar-refractivity contribution in [2.75, 3.05) is 22.8 Å². The number of esters is 1. The van der Waals surface area contributed by atoms with Crippen molar-refractivity contribution in [2.24, 2.45) is 0 Å². The van der Waals surface area contributed by atoms with Gasteiger partial charge in [-0.2, -0.15) is 0 Å². The first-order valence-corrected chi connectivity index (χ1v) is 15.1. The fourth-order valence-electron chi connectivity index (χ4n) is 4.16.